The number of rotatable bonds is 3. The second-order valence-corrected chi connectivity index (χ2v) is 14.5. The first-order valence-electron chi connectivity index (χ1n) is 16.3. The number of nitrogens with zero attached hydrogens (tertiary/aromatic N) is 1. The third kappa shape index (κ3) is 3.89. The molecule has 222 valence electrons. The smallest absolute Gasteiger partial charge is 0.0476 e. The van der Waals surface area contributed by atoms with Crippen LogP contribution in [0.5, 0.6) is 0 Å². The summed E-state index contributed by atoms with van der Waals surface area (Å²) >= 11 is 1.87. The molecule has 0 saturated carbocycles. The van der Waals surface area contributed by atoms with Crippen LogP contribution >= 0.6 is 11.3 Å². The second kappa shape index (κ2) is 9.78. The van der Waals surface area contributed by atoms with Gasteiger partial charge in [-0.25, -0.2) is 0 Å². The van der Waals surface area contributed by atoms with Crippen molar-refractivity contribution in [1.82, 2.24) is 0 Å². The van der Waals surface area contributed by atoms with Gasteiger partial charge in [0.25, 0.3) is 0 Å². The van der Waals surface area contributed by atoms with Crippen LogP contribution < -0.4 is 4.90 Å². The highest BCUT2D eigenvalue weighted by atomic mass is 32.1. The van der Waals surface area contributed by atoms with Crippen molar-refractivity contribution in [3.63, 3.8) is 0 Å². The third-order valence-electron chi connectivity index (χ3n) is 10.4. The van der Waals surface area contributed by atoms with Gasteiger partial charge in [-0.2, -0.15) is 0 Å². The van der Waals surface area contributed by atoms with Gasteiger partial charge >= 0.3 is 0 Å². The molecule has 0 radical (unpaired) electrons. The van der Waals surface area contributed by atoms with E-state index < -0.39 is 0 Å². The monoisotopic (exact) mass is 617 g/mol. The van der Waals surface area contributed by atoms with Gasteiger partial charge in [0.05, 0.1) is 0 Å². The fourth-order valence-corrected chi connectivity index (χ4v) is 9.23. The Morgan fingerprint density at radius 3 is 1.91 bits per heavy atom. The molecule has 0 saturated heterocycles. The topological polar surface area (TPSA) is 3.24 Å². The van der Waals surface area contributed by atoms with Gasteiger partial charge in [-0.3, -0.25) is 0 Å². The summed E-state index contributed by atoms with van der Waals surface area (Å²) in [5.41, 5.74) is 8.89. The van der Waals surface area contributed by atoms with Crippen molar-refractivity contribution >= 4 is 80.9 Å². The zero-order valence-electron chi connectivity index (χ0n) is 26.3. The zero-order valence-corrected chi connectivity index (χ0v) is 27.1. The molecule has 9 aromatic rings. The van der Waals surface area contributed by atoms with Crippen LogP contribution in [0.25, 0.3) is 63.6 Å². The molecule has 8 aromatic carbocycles. The summed E-state index contributed by atoms with van der Waals surface area (Å²) in [7, 11) is 0. The van der Waals surface area contributed by atoms with Crippen LogP contribution in [0.4, 0.5) is 17.1 Å². The van der Waals surface area contributed by atoms with E-state index in [1.807, 2.05) is 11.3 Å². The first-order valence-corrected chi connectivity index (χ1v) is 17.2. The summed E-state index contributed by atoms with van der Waals surface area (Å²) in [4.78, 5) is 2.45. The molecule has 0 atom stereocenters. The number of hydrogen-bond acceptors (Lipinski definition) is 2. The lowest BCUT2D eigenvalue weighted by molar-refractivity contribution is 0.660. The number of hydrogen-bond donors (Lipinski definition) is 0. The van der Waals surface area contributed by atoms with E-state index in [9.17, 15) is 0 Å². The molecule has 0 N–H and O–H groups in total. The van der Waals surface area contributed by atoms with Crippen molar-refractivity contribution in [3.05, 3.63) is 163 Å². The molecule has 10 rings (SSSR count). The normalized spacial score (nSPS) is 13.5. The molecule has 0 amide bonds. The third-order valence-corrected chi connectivity index (χ3v) is 11.5. The SMILES string of the molecule is CC1(C)c2ccccc2-c2ccc(N(c3ccc4c(ccc5ccc6ccccc6c54)c3)c3ccc4c(c3)sc3ccccc34)cc21. The van der Waals surface area contributed by atoms with Crippen molar-refractivity contribution in [3.8, 4) is 11.1 Å². The van der Waals surface area contributed by atoms with Crippen molar-refractivity contribution in [2.45, 2.75) is 19.3 Å². The second-order valence-electron chi connectivity index (χ2n) is 13.4. The fourth-order valence-electron chi connectivity index (χ4n) is 8.09. The van der Waals surface area contributed by atoms with Crippen LogP contribution in [-0.2, 0) is 5.41 Å². The Bertz CT molecular complexity index is 2730. The Labute approximate surface area is 278 Å². The van der Waals surface area contributed by atoms with E-state index >= 15 is 0 Å². The van der Waals surface area contributed by atoms with Gasteiger partial charge < -0.3 is 4.90 Å². The molecule has 0 unspecified atom stereocenters. The quantitative estimate of drug-likeness (QED) is 0.178. The van der Waals surface area contributed by atoms with E-state index in [1.165, 1.54) is 86.1 Å². The van der Waals surface area contributed by atoms with Crippen LogP contribution in [0.1, 0.15) is 25.0 Å². The first-order chi connectivity index (χ1) is 23.0. The van der Waals surface area contributed by atoms with E-state index in [0.29, 0.717) is 0 Å². The van der Waals surface area contributed by atoms with E-state index in [4.69, 9.17) is 0 Å². The molecular formula is C45H31NS. The molecule has 47 heavy (non-hydrogen) atoms. The summed E-state index contributed by atoms with van der Waals surface area (Å²) in [5, 5.41) is 10.3. The molecule has 1 aromatic heterocycles. The zero-order chi connectivity index (χ0) is 31.3. The van der Waals surface area contributed by atoms with Crippen LogP contribution in [-0.4, -0.2) is 0 Å². The van der Waals surface area contributed by atoms with Crippen molar-refractivity contribution < 1.29 is 0 Å². The van der Waals surface area contributed by atoms with Crippen molar-refractivity contribution in [2.75, 3.05) is 4.90 Å². The Kier molecular flexibility index (Phi) is 5.57. The van der Waals surface area contributed by atoms with E-state index in [1.54, 1.807) is 0 Å². The van der Waals surface area contributed by atoms with Crippen molar-refractivity contribution in [1.29, 1.82) is 0 Å². The molecule has 1 aliphatic carbocycles. The minimum atomic E-state index is -0.0770. The lowest BCUT2D eigenvalue weighted by Crippen LogP contribution is -2.16. The first kappa shape index (κ1) is 26.7. The van der Waals surface area contributed by atoms with Crippen LogP contribution in [0.15, 0.2) is 152 Å². The lowest BCUT2D eigenvalue weighted by atomic mass is 9.82. The van der Waals surface area contributed by atoms with Gasteiger partial charge in [0.1, 0.15) is 0 Å². The summed E-state index contributed by atoms with van der Waals surface area (Å²) in [6, 6.07) is 56.5. The van der Waals surface area contributed by atoms with E-state index in [-0.39, 0.29) is 5.41 Å². The van der Waals surface area contributed by atoms with Crippen molar-refractivity contribution in [2.24, 2.45) is 0 Å². The standard InChI is InChI=1S/C45H31NS/c1-45(2)40-13-7-5-11-36(40)37-23-20-32(26-41(37)45)46(33-21-24-39-38-12-6-8-14-42(38)47-43(39)27-33)31-19-22-35-30(25-31)18-17-29-16-15-28-9-3-4-10-34(28)44(29)35/h3-27H,1-2H3. The molecule has 0 spiro atoms. The molecule has 1 heterocycles. The van der Waals surface area contributed by atoms with Crippen LogP contribution in [0.3, 0.4) is 0 Å². The van der Waals surface area contributed by atoms with Gasteiger partial charge in [-0.1, -0.05) is 123 Å². The maximum atomic E-state index is 2.45. The minimum Gasteiger partial charge on any atom is -0.310 e. The Balaban J connectivity index is 1.21. The summed E-state index contributed by atoms with van der Waals surface area (Å²) in [5.74, 6) is 0. The van der Waals surface area contributed by atoms with E-state index in [0.717, 1.165) is 5.69 Å². The fraction of sp³-hybridized carbons (Fsp3) is 0.0667. The maximum absolute atomic E-state index is 2.45. The highest BCUT2D eigenvalue weighted by Gasteiger charge is 2.35. The van der Waals surface area contributed by atoms with Crippen LogP contribution in [0, 0.1) is 0 Å². The maximum Gasteiger partial charge on any atom is 0.0476 e. The average molecular weight is 618 g/mol. The minimum absolute atomic E-state index is 0.0770. The molecule has 1 aliphatic rings. The molecule has 0 bridgehead atoms. The predicted molar refractivity (Wildman–Crippen MR) is 204 cm³/mol. The molecule has 0 aliphatic heterocycles. The summed E-state index contributed by atoms with van der Waals surface area (Å²) in [6.45, 7) is 4.72. The lowest BCUT2D eigenvalue weighted by Gasteiger charge is -2.28. The molecule has 0 fully saturated rings. The Morgan fingerprint density at radius 1 is 0.426 bits per heavy atom. The summed E-state index contributed by atoms with van der Waals surface area (Å²) < 4.78 is 2.63. The largest absolute Gasteiger partial charge is 0.310 e. The number of benzene rings is 8. The predicted octanol–water partition coefficient (Wildman–Crippen LogP) is 13.3. The number of thiophene rings is 1. The molecule has 2 heteroatoms. The number of anilines is 3. The highest BCUT2D eigenvalue weighted by Crippen LogP contribution is 2.51. The average Bonchev–Trinajstić information content (AvgIpc) is 3.59. The van der Waals surface area contributed by atoms with E-state index in [2.05, 4.69) is 170 Å². The molecular weight excluding hydrogens is 587 g/mol. The van der Waals surface area contributed by atoms with Crippen LogP contribution in [0.2, 0.25) is 0 Å². The van der Waals surface area contributed by atoms with Gasteiger partial charge in [0.15, 0.2) is 0 Å². The highest BCUT2D eigenvalue weighted by molar-refractivity contribution is 7.25. The van der Waals surface area contributed by atoms with Gasteiger partial charge in [-0.05, 0) is 97.0 Å². The molecule has 1 nitrogen and oxygen atoms in total. The van der Waals surface area contributed by atoms with Gasteiger partial charge in [-0.15, -0.1) is 11.3 Å². The number of fused-ring (bicyclic) bond motifs is 11. The Hall–Kier alpha value is -5.44. The van der Waals surface area contributed by atoms with Gasteiger partial charge in [0, 0.05) is 42.6 Å². The van der Waals surface area contributed by atoms with Gasteiger partial charge in [0.2, 0.25) is 0 Å². The Morgan fingerprint density at radius 2 is 1.02 bits per heavy atom. The summed E-state index contributed by atoms with van der Waals surface area (Å²) in [6.07, 6.45) is 0.